The van der Waals surface area contributed by atoms with Crippen LogP contribution in [0.4, 0.5) is 0 Å². The molecule has 0 aliphatic carbocycles. The van der Waals surface area contributed by atoms with Crippen LogP contribution in [0.5, 0.6) is 0 Å². The first-order valence-electron chi connectivity index (χ1n) is 5.34. The van der Waals surface area contributed by atoms with Gasteiger partial charge in [-0.25, -0.2) is 13.2 Å². The number of hydrogen-bond donors (Lipinski definition) is 1. The summed E-state index contributed by atoms with van der Waals surface area (Å²) in [6.07, 6.45) is 0. The minimum Gasteiger partial charge on any atom is -0.477 e. The third-order valence-corrected chi connectivity index (χ3v) is 6.92. The molecule has 2 heterocycles. The van der Waals surface area contributed by atoms with Crippen molar-refractivity contribution in [1.29, 1.82) is 0 Å². The monoisotopic (exact) mass is 307 g/mol. The molecule has 1 aliphatic rings. The molecule has 0 spiro atoms. The van der Waals surface area contributed by atoms with Crippen LogP contribution in [-0.2, 0) is 10.0 Å². The van der Waals surface area contributed by atoms with Crippen LogP contribution >= 0.6 is 23.1 Å². The molecule has 5 nitrogen and oxygen atoms in total. The summed E-state index contributed by atoms with van der Waals surface area (Å²) in [5, 5.41) is 10.6. The zero-order valence-corrected chi connectivity index (χ0v) is 12.2. The number of carboxylic acid groups (broad SMARTS) is 1. The van der Waals surface area contributed by atoms with Gasteiger partial charge in [0.1, 0.15) is 9.77 Å². The van der Waals surface area contributed by atoms with Gasteiger partial charge >= 0.3 is 5.97 Å². The molecule has 1 fully saturated rings. The SMILES string of the molecule is Cc1csc(C(=O)O)c1S(=O)(=O)N1CCSCC1. The Morgan fingerprint density at radius 3 is 2.56 bits per heavy atom. The smallest absolute Gasteiger partial charge is 0.347 e. The fourth-order valence-corrected chi connectivity index (χ4v) is 5.98. The molecule has 0 unspecified atom stereocenters. The van der Waals surface area contributed by atoms with Crippen molar-refractivity contribution < 1.29 is 18.3 Å². The number of hydrogen-bond acceptors (Lipinski definition) is 5. The summed E-state index contributed by atoms with van der Waals surface area (Å²) in [5.41, 5.74) is 0.510. The van der Waals surface area contributed by atoms with Gasteiger partial charge in [-0.3, -0.25) is 0 Å². The Bertz CT molecular complexity index is 558. The summed E-state index contributed by atoms with van der Waals surface area (Å²) >= 11 is 2.67. The van der Waals surface area contributed by atoms with Gasteiger partial charge in [0.2, 0.25) is 10.0 Å². The quantitative estimate of drug-likeness (QED) is 0.916. The maximum absolute atomic E-state index is 12.5. The van der Waals surface area contributed by atoms with E-state index in [2.05, 4.69) is 0 Å². The van der Waals surface area contributed by atoms with Gasteiger partial charge in [-0.15, -0.1) is 11.3 Å². The van der Waals surface area contributed by atoms with Crippen LogP contribution < -0.4 is 0 Å². The van der Waals surface area contributed by atoms with Gasteiger partial charge in [0.05, 0.1) is 0 Å². The standard InChI is InChI=1S/C10H13NO4S3/c1-7-6-17-8(10(12)13)9(7)18(14,15)11-2-4-16-5-3-11/h6H,2-5H2,1H3,(H,12,13). The van der Waals surface area contributed by atoms with E-state index in [-0.39, 0.29) is 9.77 Å². The van der Waals surface area contributed by atoms with Crippen LogP contribution in [0.1, 0.15) is 15.2 Å². The average molecular weight is 307 g/mol. The minimum atomic E-state index is -3.68. The lowest BCUT2D eigenvalue weighted by Crippen LogP contribution is -2.38. The molecule has 1 N–H and O–H groups in total. The van der Waals surface area contributed by atoms with E-state index in [4.69, 9.17) is 5.11 Å². The first-order valence-corrected chi connectivity index (χ1v) is 8.81. The topological polar surface area (TPSA) is 74.7 Å². The predicted octanol–water partition coefficient (Wildman–Crippen LogP) is 1.49. The van der Waals surface area contributed by atoms with Crippen LogP contribution in [0, 0.1) is 6.92 Å². The predicted molar refractivity (Wildman–Crippen MR) is 72.1 cm³/mol. The average Bonchev–Trinajstić information content (AvgIpc) is 2.73. The van der Waals surface area contributed by atoms with Crippen LogP contribution in [0.15, 0.2) is 10.3 Å². The Morgan fingerprint density at radius 2 is 2.00 bits per heavy atom. The van der Waals surface area contributed by atoms with Gasteiger partial charge < -0.3 is 5.11 Å². The fourth-order valence-electron chi connectivity index (χ4n) is 1.82. The van der Waals surface area contributed by atoms with E-state index in [9.17, 15) is 13.2 Å². The lowest BCUT2D eigenvalue weighted by atomic mass is 10.3. The summed E-state index contributed by atoms with van der Waals surface area (Å²) in [4.78, 5) is 11.0. The Morgan fingerprint density at radius 1 is 1.39 bits per heavy atom. The highest BCUT2D eigenvalue weighted by atomic mass is 32.2. The van der Waals surface area contributed by atoms with Gasteiger partial charge in [0, 0.05) is 24.6 Å². The van der Waals surface area contributed by atoms with Crippen LogP contribution in [0.25, 0.3) is 0 Å². The third-order valence-electron chi connectivity index (χ3n) is 2.68. The maximum atomic E-state index is 12.5. The third kappa shape index (κ3) is 2.42. The van der Waals surface area contributed by atoms with E-state index >= 15 is 0 Å². The maximum Gasteiger partial charge on any atom is 0.347 e. The molecule has 100 valence electrons. The number of carboxylic acids is 1. The normalized spacial score (nSPS) is 17.8. The van der Waals surface area contributed by atoms with Crippen LogP contribution in [-0.4, -0.2) is 48.4 Å². The van der Waals surface area contributed by atoms with Crippen LogP contribution in [0.3, 0.4) is 0 Å². The lowest BCUT2D eigenvalue weighted by molar-refractivity contribution is 0.0698. The Balaban J connectivity index is 2.46. The van der Waals surface area contributed by atoms with Crippen LogP contribution in [0.2, 0.25) is 0 Å². The summed E-state index contributed by atoms with van der Waals surface area (Å²) in [6.45, 7) is 2.53. The second kappa shape index (κ2) is 5.20. The van der Waals surface area contributed by atoms with E-state index < -0.39 is 16.0 Å². The van der Waals surface area contributed by atoms with E-state index in [1.807, 2.05) is 0 Å². The number of aromatic carboxylic acids is 1. The highest BCUT2D eigenvalue weighted by Crippen LogP contribution is 2.30. The lowest BCUT2D eigenvalue weighted by Gasteiger charge is -2.25. The highest BCUT2D eigenvalue weighted by molar-refractivity contribution is 7.99. The van der Waals surface area contributed by atoms with E-state index in [1.165, 1.54) is 4.31 Å². The summed E-state index contributed by atoms with van der Waals surface area (Å²) in [7, 11) is -3.68. The molecule has 0 radical (unpaired) electrons. The molecular weight excluding hydrogens is 294 g/mol. The fraction of sp³-hybridized carbons (Fsp3) is 0.500. The van der Waals surface area contributed by atoms with Crippen molar-refractivity contribution >= 4 is 39.1 Å². The molecule has 1 saturated heterocycles. The second-order valence-electron chi connectivity index (χ2n) is 3.90. The number of thiophene rings is 1. The summed E-state index contributed by atoms with van der Waals surface area (Å²) in [6, 6.07) is 0. The number of nitrogens with zero attached hydrogens (tertiary/aromatic N) is 1. The van der Waals surface area contributed by atoms with Gasteiger partial charge in [-0.2, -0.15) is 16.1 Å². The number of rotatable bonds is 3. The minimum absolute atomic E-state index is 0.0353. The molecule has 1 aliphatic heterocycles. The molecule has 0 aromatic carbocycles. The van der Waals surface area contributed by atoms with Crippen molar-refractivity contribution in [1.82, 2.24) is 4.31 Å². The molecule has 0 atom stereocenters. The van der Waals surface area contributed by atoms with Crippen molar-refractivity contribution in [2.45, 2.75) is 11.8 Å². The zero-order valence-electron chi connectivity index (χ0n) is 9.75. The highest BCUT2D eigenvalue weighted by Gasteiger charge is 2.32. The first-order chi connectivity index (χ1) is 8.44. The van der Waals surface area contributed by atoms with Crippen molar-refractivity contribution in [3.63, 3.8) is 0 Å². The number of carbonyl (C=O) groups is 1. The zero-order chi connectivity index (χ0) is 13.3. The van der Waals surface area contributed by atoms with Gasteiger partial charge in [-0.05, 0) is 17.9 Å². The van der Waals surface area contributed by atoms with Gasteiger partial charge in [-0.1, -0.05) is 0 Å². The molecule has 0 saturated carbocycles. The van der Waals surface area contributed by atoms with Gasteiger partial charge in [0.15, 0.2) is 0 Å². The van der Waals surface area contributed by atoms with E-state index in [0.717, 1.165) is 22.8 Å². The second-order valence-corrected chi connectivity index (χ2v) is 7.88. The Kier molecular flexibility index (Phi) is 4.00. The number of thioether (sulfide) groups is 1. The summed E-state index contributed by atoms with van der Waals surface area (Å²) in [5.74, 6) is 0.327. The van der Waals surface area contributed by atoms with Gasteiger partial charge in [0.25, 0.3) is 0 Å². The molecule has 2 rings (SSSR count). The van der Waals surface area contributed by atoms with E-state index in [1.54, 1.807) is 24.1 Å². The molecule has 1 aromatic rings. The molecule has 8 heteroatoms. The number of aryl methyl sites for hydroxylation is 1. The molecular formula is C10H13NO4S3. The molecule has 18 heavy (non-hydrogen) atoms. The van der Waals surface area contributed by atoms with Crippen molar-refractivity contribution in [2.75, 3.05) is 24.6 Å². The van der Waals surface area contributed by atoms with Crippen molar-refractivity contribution in [3.8, 4) is 0 Å². The van der Waals surface area contributed by atoms with Crippen molar-refractivity contribution in [2.24, 2.45) is 0 Å². The van der Waals surface area contributed by atoms with Crippen molar-refractivity contribution in [3.05, 3.63) is 15.8 Å². The first kappa shape index (κ1) is 13.9. The Hall–Kier alpha value is -0.570. The Labute approximate surface area is 114 Å². The number of sulfonamides is 1. The molecule has 1 aromatic heterocycles. The molecule has 0 amide bonds. The summed E-state index contributed by atoms with van der Waals surface area (Å²) < 4.78 is 26.3. The molecule has 0 bridgehead atoms. The van der Waals surface area contributed by atoms with E-state index in [0.29, 0.717) is 18.7 Å². The largest absolute Gasteiger partial charge is 0.477 e.